The van der Waals surface area contributed by atoms with Gasteiger partial charge in [0.2, 0.25) is 0 Å². The molecule has 2 aromatic rings. The van der Waals surface area contributed by atoms with Gasteiger partial charge in [-0.1, -0.05) is 12.1 Å². The molecule has 0 amide bonds. The van der Waals surface area contributed by atoms with Gasteiger partial charge in [-0.15, -0.1) is 0 Å². The van der Waals surface area contributed by atoms with Gasteiger partial charge in [0.15, 0.2) is 0 Å². The molecule has 1 atom stereocenters. The van der Waals surface area contributed by atoms with E-state index in [1.807, 2.05) is 19.1 Å². The maximum Gasteiger partial charge on any atom is 0.133 e. The number of nitrogens with one attached hydrogen (secondary N) is 1. The van der Waals surface area contributed by atoms with Crippen molar-refractivity contribution in [1.29, 1.82) is 0 Å². The van der Waals surface area contributed by atoms with E-state index in [-0.39, 0.29) is 11.9 Å². The van der Waals surface area contributed by atoms with Crippen molar-refractivity contribution in [1.82, 2.24) is 9.97 Å². The number of nitrogens with zero attached hydrogens (tertiary/aromatic N) is 2. The zero-order chi connectivity index (χ0) is 14.8. The van der Waals surface area contributed by atoms with Crippen LogP contribution in [0.2, 0.25) is 0 Å². The summed E-state index contributed by atoms with van der Waals surface area (Å²) in [5.74, 6) is 0.735. The Morgan fingerprint density at radius 3 is 2.81 bits per heavy atom. The van der Waals surface area contributed by atoms with Crippen LogP contribution < -0.4 is 5.32 Å². The Hall–Kier alpha value is -1.97. The molecule has 0 radical (unpaired) electrons. The van der Waals surface area contributed by atoms with Crippen molar-refractivity contribution in [3.05, 3.63) is 52.7 Å². The lowest BCUT2D eigenvalue weighted by Gasteiger charge is -2.21. The second-order valence-electron chi connectivity index (χ2n) is 5.73. The Kier molecular flexibility index (Phi) is 3.86. The van der Waals surface area contributed by atoms with Gasteiger partial charge in [-0.3, -0.25) is 0 Å². The first-order chi connectivity index (χ1) is 10.1. The molecule has 1 aromatic heterocycles. The van der Waals surface area contributed by atoms with Crippen LogP contribution in [0.15, 0.2) is 24.5 Å². The third kappa shape index (κ3) is 2.89. The summed E-state index contributed by atoms with van der Waals surface area (Å²) in [5.41, 5.74) is 3.98. The van der Waals surface area contributed by atoms with E-state index < -0.39 is 0 Å². The van der Waals surface area contributed by atoms with Crippen LogP contribution in [-0.4, -0.2) is 9.97 Å². The van der Waals surface area contributed by atoms with Crippen molar-refractivity contribution in [2.45, 2.75) is 45.6 Å². The van der Waals surface area contributed by atoms with E-state index in [0.717, 1.165) is 29.9 Å². The SMILES string of the molecule is Cc1ccc(C(C)Nc2ncnc3c2CCCC3)cc1F. The van der Waals surface area contributed by atoms with Gasteiger partial charge in [0.05, 0.1) is 6.04 Å². The quantitative estimate of drug-likeness (QED) is 0.927. The van der Waals surface area contributed by atoms with Gasteiger partial charge in [0.1, 0.15) is 18.0 Å². The molecule has 3 rings (SSSR count). The van der Waals surface area contributed by atoms with Crippen LogP contribution in [-0.2, 0) is 12.8 Å². The Labute approximate surface area is 124 Å². The van der Waals surface area contributed by atoms with Gasteiger partial charge >= 0.3 is 0 Å². The highest BCUT2D eigenvalue weighted by molar-refractivity contribution is 5.48. The zero-order valence-electron chi connectivity index (χ0n) is 12.5. The average Bonchev–Trinajstić information content (AvgIpc) is 2.50. The second-order valence-corrected chi connectivity index (χ2v) is 5.73. The summed E-state index contributed by atoms with van der Waals surface area (Å²) in [6, 6.07) is 5.39. The molecule has 1 unspecified atom stereocenters. The molecule has 1 aliphatic rings. The summed E-state index contributed by atoms with van der Waals surface area (Å²) in [4.78, 5) is 8.76. The largest absolute Gasteiger partial charge is 0.363 e. The molecular formula is C17H20FN3. The van der Waals surface area contributed by atoms with Crippen molar-refractivity contribution >= 4 is 5.82 Å². The number of aryl methyl sites for hydroxylation is 2. The highest BCUT2D eigenvalue weighted by atomic mass is 19.1. The number of aromatic nitrogens is 2. The predicted octanol–water partition coefficient (Wildman–Crippen LogP) is 3.98. The molecule has 1 aliphatic carbocycles. The maximum absolute atomic E-state index is 13.7. The number of hydrogen-bond acceptors (Lipinski definition) is 3. The average molecular weight is 285 g/mol. The van der Waals surface area contributed by atoms with Crippen molar-refractivity contribution in [2.24, 2.45) is 0 Å². The zero-order valence-corrected chi connectivity index (χ0v) is 12.5. The highest BCUT2D eigenvalue weighted by Gasteiger charge is 2.17. The van der Waals surface area contributed by atoms with Crippen LogP contribution >= 0.6 is 0 Å². The fourth-order valence-corrected chi connectivity index (χ4v) is 2.81. The topological polar surface area (TPSA) is 37.8 Å². The van der Waals surface area contributed by atoms with Crippen molar-refractivity contribution in [3.63, 3.8) is 0 Å². The minimum absolute atomic E-state index is 0.0148. The molecule has 1 heterocycles. The molecule has 0 spiro atoms. The van der Waals surface area contributed by atoms with E-state index in [4.69, 9.17) is 0 Å². The summed E-state index contributed by atoms with van der Waals surface area (Å²) in [7, 11) is 0. The molecule has 0 saturated carbocycles. The van der Waals surface area contributed by atoms with Crippen molar-refractivity contribution in [2.75, 3.05) is 5.32 Å². The van der Waals surface area contributed by atoms with Gasteiger partial charge in [0.25, 0.3) is 0 Å². The highest BCUT2D eigenvalue weighted by Crippen LogP contribution is 2.27. The number of rotatable bonds is 3. The van der Waals surface area contributed by atoms with Gasteiger partial charge < -0.3 is 5.32 Å². The normalized spacial score (nSPS) is 15.4. The van der Waals surface area contributed by atoms with Gasteiger partial charge in [-0.2, -0.15) is 0 Å². The fourth-order valence-electron chi connectivity index (χ4n) is 2.81. The molecule has 0 saturated heterocycles. The van der Waals surface area contributed by atoms with Crippen LogP contribution in [0, 0.1) is 12.7 Å². The van der Waals surface area contributed by atoms with E-state index in [1.165, 1.54) is 18.4 Å². The standard InChI is InChI=1S/C17H20FN3/c1-11-7-8-13(9-15(11)18)12(2)21-17-14-5-3-4-6-16(14)19-10-20-17/h7-10,12H,3-6H2,1-2H3,(H,19,20,21). The van der Waals surface area contributed by atoms with Crippen LogP contribution in [0.5, 0.6) is 0 Å². The molecule has 21 heavy (non-hydrogen) atoms. The lowest BCUT2D eigenvalue weighted by molar-refractivity contribution is 0.614. The summed E-state index contributed by atoms with van der Waals surface area (Å²) in [6.07, 6.45) is 6.05. The molecule has 110 valence electrons. The van der Waals surface area contributed by atoms with E-state index in [9.17, 15) is 4.39 Å². The summed E-state index contributed by atoms with van der Waals surface area (Å²) < 4.78 is 13.7. The second kappa shape index (κ2) is 5.80. The van der Waals surface area contributed by atoms with Crippen molar-refractivity contribution in [3.8, 4) is 0 Å². The van der Waals surface area contributed by atoms with E-state index in [2.05, 4.69) is 15.3 Å². The van der Waals surface area contributed by atoms with Crippen LogP contribution in [0.4, 0.5) is 10.2 Å². The Balaban J connectivity index is 1.84. The molecule has 0 fully saturated rings. The minimum Gasteiger partial charge on any atom is -0.363 e. The first-order valence-electron chi connectivity index (χ1n) is 7.50. The van der Waals surface area contributed by atoms with Crippen LogP contribution in [0.1, 0.15) is 48.2 Å². The smallest absolute Gasteiger partial charge is 0.133 e. The van der Waals surface area contributed by atoms with Gasteiger partial charge in [-0.05, 0) is 56.7 Å². The Morgan fingerprint density at radius 1 is 1.19 bits per heavy atom. The molecule has 0 bridgehead atoms. The van der Waals surface area contributed by atoms with E-state index in [1.54, 1.807) is 19.3 Å². The van der Waals surface area contributed by atoms with Crippen LogP contribution in [0.25, 0.3) is 0 Å². The molecule has 1 N–H and O–H groups in total. The molecule has 1 aromatic carbocycles. The minimum atomic E-state index is -0.161. The third-order valence-corrected chi connectivity index (χ3v) is 4.17. The number of anilines is 1. The Bertz CT molecular complexity index is 654. The van der Waals surface area contributed by atoms with E-state index >= 15 is 0 Å². The summed E-state index contributed by atoms with van der Waals surface area (Å²) in [5, 5.41) is 3.42. The molecule has 4 heteroatoms. The number of hydrogen-bond donors (Lipinski definition) is 1. The predicted molar refractivity (Wildman–Crippen MR) is 81.8 cm³/mol. The first kappa shape index (κ1) is 14.0. The lowest BCUT2D eigenvalue weighted by Crippen LogP contribution is -2.14. The maximum atomic E-state index is 13.7. The van der Waals surface area contributed by atoms with Crippen molar-refractivity contribution < 1.29 is 4.39 Å². The number of fused-ring (bicyclic) bond motifs is 1. The Morgan fingerprint density at radius 2 is 2.00 bits per heavy atom. The van der Waals surface area contributed by atoms with Gasteiger partial charge in [0, 0.05) is 11.3 Å². The monoisotopic (exact) mass is 285 g/mol. The number of halogens is 1. The summed E-state index contributed by atoms with van der Waals surface area (Å²) >= 11 is 0. The third-order valence-electron chi connectivity index (χ3n) is 4.17. The van der Waals surface area contributed by atoms with Crippen LogP contribution in [0.3, 0.4) is 0 Å². The lowest BCUT2D eigenvalue weighted by atomic mass is 9.96. The van der Waals surface area contributed by atoms with E-state index in [0.29, 0.717) is 5.56 Å². The molecule has 3 nitrogen and oxygen atoms in total. The summed E-state index contributed by atoms with van der Waals surface area (Å²) in [6.45, 7) is 3.81. The molecular weight excluding hydrogens is 265 g/mol. The molecule has 0 aliphatic heterocycles. The number of benzene rings is 1. The fraction of sp³-hybridized carbons (Fsp3) is 0.412. The van der Waals surface area contributed by atoms with Gasteiger partial charge in [-0.25, -0.2) is 14.4 Å². The first-order valence-corrected chi connectivity index (χ1v) is 7.50.